The number of aryl methyl sites for hydroxylation is 2. The smallest absolute Gasteiger partial charge is 0.248 e. The molecule has 0 unspecified atom stereocenters. The van der Waals surface area contributed by atoms with Crippen LogP contribution in [0.4, 0.5) is 5.69 Å². The minimum atomic E-state index is -0.113. The standard InChI is InChI=1S/C21H29N3O/c1-13(2)17-9-8-10-18(14(3)4)21(17)22-20(25)12-11-19-15(5)23-24(7)16(19)6/h8-14H,1-7H3,(H,22,25)/b12-11+. The summed E-state index contributed by atoms with van der Waals surface area (Å²) >= 11 is 0. The highest BCUT2D eigenvalue weighted by Gasteiger charge is 2.15. The van der Waals surface area contributed by atoms with Crippen LogP contribution in [0.1, 0.15) is 67.6 Å². The van der Waals surface area contributed by atoms with Gasteiger partial charge in [-0.05, 0) is 42.9 Å². The maximum absolute atomic E-state index is 12.5. The lowest BCUT2D eigenvalue weighted by atomic mass is 9.92. The van der Waals surface area contributed by atoms with Gasteiger partial charge in [0, 0.05) is 30.1 Å². The van der Waals surface area contributed by atoms with Gasteiger partial charge in [0.25, 0.3) is 0 Å². The topological polar surface area (TPSA) is 46.9 Å². The van der Waals surface area contributed by atoms with Crippen LogP contribution in [0.2, 0.25) is 0 Å². The highest BCUT2D eigenvalue weighted by Crippen LogP contribution is 2.32. The van der Waals surface area contributed by atoms with E-state index in [4.69, 9.17) is 0 Å². The highest BCUT2D eigenvalue weighted by molar-refractivity contribution is 6.03. The van der Waals surface area contributed by atoms with Crippen molar-refractivity contribution in [2.75, 3.05) is 5.32 Å². The Kier molecular flexibility index (Phi) is 5.83. The van der Waals surface area contributed by atoms with Crippen molar-refractivity contribution in [2.45, 2.75) is 53.4 Å². The molecule has 2 rings (SSSR count). The first kappa shape index (κ1) is 19.0. The normalized spacial score (nSPS) is 11.7. The van der Waals surface area contributed by atoms with Crippen LogP contribution in [0.3, 0.4) is 0 Å². The number of hydrogen-bond acceptors (Lipinski definition) is 2. The largest absolute Gasteiger partial charge is 0.322 e. The van der Waals surface area contributed by atoms with E-state index in [0.29, 0.717) is 11.8 Å². The molecule has 2 aromatic rings. The minimum Gasteiger partial charge on any atom is -0.322 e. The predicted molar refractivity (Wildman–Crippen MR) is 105 cm³/mol. The summed E-state index contributed by atoms with van der Waals surface area (Å²) in [7, 11) is 1.91. The molecule has 1 aromatic heterocycles. The molecule has 0 aliphatic rings. The van der Waals surface area contributed by atoms with E-state index in [1.165, 1.54) is 11.1 Å². The van der Waals surface area contributed by atoms with Gasteiger partial charge in [-0.15, -0.1) is 0 Å². The van der Waals surface area contributed by atoms with Crippen LogP contribution in [0.5, 0.6) is 0 Å². The molecule has 134 valence electrons. The monoisotopic (exact) mass is 339 g/mol. The average molecular weight is 339 g/mol. The Bertz CT molecular complexity index is 771. The van der Waals surface area contributed by atoms with Crippen molar-refractivity contribution in [3.8, 4) is 0 Å². The van der Waals surface area contributed by atoms with Crippen LogP contribution in [-0.2, 0) is 11.8 Å². The Morgan fingerprint density at radius 1 is 1.12 bits per heavy atom. The molecule has 1 amide bonds. The van der Waals surface area contributed by atoms with Crippen LogP contribution in [0, 0.1) is 13.8 Å². The van der Waals surface area contributed by atoms with Gasteiger partial charge in [-0.2, -0.15) is 5.10 Å². The molecule has 1 aromatic carbocycles. The molecule has 0 bridgehead atoms. The van der Waals surface area contributed by atoms with Gasteiger partial charge < -0.3 is 5.32 Å². The molecule has 4 nitrogen and oxygen atoms in total. The Hall–Kier alpha value is -2.36. The molecular weight excluding hydrogens is 310 g/mol. The second-order valence-electron chi connectivity index (χ2n) is 7.15. The van der Waals surface area contributed by atoms with Crippen molar-refractivity contribution in [1.29, 1.82) is 0 Å². The summed E-state index contributed by atoms with van der Waals surface area (Å²) in [5, 5.41) is 7.49. The quantitative estimate of drug-likeness (QED) is 0.785. The van der Waals surface area contributed by atoms with Gasteiger partial charge in [0.2, 0.25) is 5.91 Å². The molecule has 0 aliphatic heterocycles. The third-order valence-electron chi connectivity index (χ3n) is 4.59. The van der Waals surface area contributed by atoms with Crippen LogP contribution >= 0.6 is 0 Å². The molecule has 25 heavy (non-hydrogen) atoms. The van der Waals surface area contributed by atoms with E-state index in [9.17, 15) is 4.79 Å². The number of amides is 1. The summed E-state index contributed by atoms with van der Waals surface area (Å²) in [6.07, 6.45) is 3.44. The van der Waals surface area contributed by atoms with Crippen molar-refractivity contribution in [2.24, 2.45) is 7.05 Å². The molecule has 0 radical (unpaired) electrons. The molecule has 0 aliphatic carbocycles. The van der Waals surface area contributed by atoms with Gasteiger partial charge in [0.15, 0.2) is 0 Å². The predicted octanol–water partition coefficient (Wildman–Crippen LogP) is 4.94. The van der Waals surface area contributed by atoms with Gasteiger partial charge in [-0.3, -0.25) is 9.48 Å². The molecule has 0 fully saturated rings. The number of anilines is 1. The number of benzene rings is 1. The van der Waals surface area contributed by atoms with Crippen molar-refractivity contribution in [1.82, 2.24) is 9.78 Å². The number of carbonyl (C=O) groups excluding carboxylic acids is 1. The fourth-order valence-corrected chi connectivity index (χ4v) is 3.05. The van der Waals surface area contributed by atoms with Crippen LogP contribution < -0.4 is 5.32 Å². The van der Waals surface area contributed by atoms with E-state index in [1.54, 1.807) is 6.08 Å². The second kappa shape index (κ2) is 7.68. The number of aromatic nitrogens is 2. The number of rotatable bonds is 5. The van der Waals surface area contributed by atoms with Crippen LogP contribution in [-0.4, -0.2) is 15.7 Å². The summed E-state index contributed by atoms with van der Waals surface area (Å²) < 4.78 is 1.83. The van der Waals surface area contributed by atoms with Crippen LogP contribution in [0.15, 0.2) is 24.3 Å². The zero-order valence-electron chi connectivity index (χ0n) is 16.3. The lowest BCUT2D eigenvalue weighted by Crippen LogP contribution is -2.13. The zero-order valence-corrected chi connectivity index (χ0v) is 16.3. The first-order valence-electron chi connectivity index (χ1n) is 8.84. The Morgan fingerprint density at radius 3 is 2.12 bits per heavy atom. The molecule has 1 N–H and O–H groups in total. The van der Waals surface area contributed by atoms with Crippen molar-refractivity contribution >= 4 is 17.7 Å². The molecule has 0 saturated heterocycles. The molecular formula is C21H29N3O. The van der Waals surface area contributed by atoms with Gasteiger partial charge in [0.1, 0.15) is 0 Å². The summed E-state index contributed by atoms with van der Waals surface area (Å²) in [5.74, 6) is 0.583. The Balaban J connectivity index is 2.30. The molecule has 4 heteroatoms. The Labute approximate surface area is 150 Å². The Morgan fingerprint density at radius 2 is 1.68 bits per heavy atom. The SMILES string of the molecule is Cc1nn(C)c(C)c1/C=C/C(=O)Nc1c(C(C)C)cccc1C(C)C. The van der Waals surface area contributed by atoms with E-state index in [-0.39, 0.29) is 5.91 Å². The maximum Gasteiger partial charge on any atom is 0.248 e. The molecule has 1 heterocycles. The van der Waals surface area contributed by atoms with Gasteiger partial charge in [-0.1, -0.05) is 45.9 Å². The first-order chi connectivity index (χ1) is 11.7. The van der Waals surface area contributed by atoms with Crippen molar-refractivity contribution < 1.29 is 4.79 Å². The highest BCUT2D eigenvalue weighted by atomic mass is 16.1. The first-order valence-corrected chi connectivity index (χ1v) is 8.84. The maximum atomic E-state index is 12.5. The lowest BCUT2D eigenvalue weighted by molar-refractivity contribution is -0.111. The number of nitrogens with zero attached hydrogens (tertiary/aromatic N) is 2. The van der Waals surface area contributed by atoms with Crippen LogP contribution in [0.25, 0.3) is 6.08 Å². The van der Waals surface area contributed by atoms with E-state index in [0.717, 1.165) is 22.6 Å². The van der Waals surface area contributed by atoms with E-state index in [1.807, 2.05) is 31.7 Å². The molecule has 0 spiro atoms. The second-order valence-corrected chi connectivity index (χ2v) is 7.15. The number of nitrogens with one attached hydrogen (secondary N) is 1. The average Bonchev–Trinajstić information content (AvgIpc) is 2.77. The third-order valence-corrected chi connectivity index (χ3v) is 4.59. The fourth-order valence-electron chi connectivity index (χ4n) is 3.05. The minimum absolute atomic E-state index is 0.113. The lowest BCUT2D eigenvalue weighted by Gasteiger charge is -2.19. The summed E-state index contributed by atoms with van der Waals surface area (Å²) in [6, 6.07) is 6.25. The third kappa shape index (κ3) is 4.19. The number of para-hydroxylation sites is 1. The summed E-state index contributed by atoms with van der Waals surface area (Å²) in [4.78, 5) is 12.5. The molecule has 0 atom stereocenters. The summed E-state index contributed by atoms with van der Waals surface area (Å²) in [6.45, 7) is 12.5. The van der Waals surface area contributed by atoms with Gasteiger partial charge >= 0.3 is 0 Å². The van der Waals surface area contributed by atoms with Crippen molar-refractivity contribution in [3.05, 3.63) is 52.4 Å². The number of carbonyl (C=O) groups is 1. The van der Waals surface area contributed by atoms with E-state index in [2.05, 4.69) is 56.3 Å². The van der Waals surface area contributed by atoms with E-state index >= 15 is 0 Å². The fraction of sp³-hybridized carbons (Fsp3) is 0.429. The van der Waals surface area contributed by atoms with Crippen molar-refractivity contribution in [3.63, 3.8) is 0 Å². The van der Waals surface area contributed by atoms with E-state index < -0.39 is 0 Å². The van der Waals surface area contributed by atoms with Gasteiger partial charge in [0.05, 0.1) is 5.69 Å². The van der Waals surface area contributed by atoms with Gasteiger partial charge in [-0.25, -0.2) is 0 Å². The summed E-state index contributed by atoms with van der Waals surface area (Å²) in [5.41, 5.74) is 6.26. The zero-order chi connectivity index (χ0) is 18.7. The molecule has 0 saturated carbocycles. The number of hydrogen-bond donors (Lipinski definition) is 1.